The Balaban J connectivity index is 2.57. The second kappa shape index (κ2) is 7.01. The van der Waals surface area contributed by atoms with Crippen LogP contribution in [0, 0.1) is 0 Å². The topological polar surface area (TPSA) is 35.5 Å². The van der Waals surface area contributed by atoms with Crippen LogP contribution in [0.25, 0.3) is 0 Å². The van der Waals surface area contributed by atoms with Crippen LogP contribution in [0.2, 0.25) is 0 Å². The van der Waals surface area contributed by atoms with Crippen LogP contribution in [-0.2, 0) is 14.3 Å². The quantitative estimate of drug-likeness (QED) is 0.548. The lowest BCUT2D eigenvalue weighted by molar-refractivity contribution is -0.156. The van der Waals surface area contributed by atoms with Crippen molar-refractivity contribution in [3.05, 3.63) is 35.9 Å². The van der Waals surface area contributed by atoms with Gasteiger partial charge < -0.3 is 9.47 Å². The fourth-order valence-electron chi connectivity index (χ4n) is 1.39. The van der Waals surface area contributed by atoms with E-state index in [-0.39, 0.29) is 5.97 Å². The van der Waals surface area contributed by atoms with Gasteiger partial charge in [0.2, 0.25) is 0 Å². The number of carbonyl (C=O) groups is 1. The highest BCUT2D eigenvalue weighted by Gasteiger charge is 2.20. The maximum atomic E-state index is 11.7. The summed E-state index contributed by atoms with van der Waals surface area (Å²) in [5, 5.41) is 0. The van der Waals surface area contributed by atoms with Crippen molar-refractivity contribution in [3.63, 3.8) is 0 Å². The average molecular weight is 222 g/mol. The number of esters is 1. The number of hydrogen-bond donors (Lipinski definition) is 0. The SMILES string of the molecule is CCCCOC(=O)C(OC)c1ccccc1. The lowest BCUT2D eigenvalue weighted by Gasteiger charge is -2.14. The summed E-state index contributed by atoms with van der Waals surface area (Å²) in [5.74, 6) is -0.317. The first-order valence-electron chi connectivity index (χ1n) is 5.54. The zero-order chi connectivity index (χ0) is 11.8. The Kier molecular flexibility index (Phi) is 5.57. The van der Waals surface area contributed by atoms with Crippen LogP contribution in [0.15, 0.2) is 30.3 Å². The first kappa shape index (κ1) is 12.7. The number of rotatable bonds is 6. The molecule has 1 unspecified atom stereocenters. The van der Waals surface area contributed by atoms with Crippen LogP contribution in [0.1, 0.15) is 31.4 Å². The zero-order valence-corrected chi connectivity index (χ0v) is 9.81. The summed E-state index contributed by atoms with van der Waals surface area (Å²) in [5.41, 5.74) is 0.825. The molecule has 0 amide bonds. The molecule has 3 heteroatoms. The van der Waals surface area contributed by atoms with E-state index in [1.807, 2.05) is 30.3 Å². The summed E-state index contributed by atoms with van der Waals surface area (Å²) in [7, 11) is 1.51. The van der Waals surface area contributed by atoms with E-state index in [1.165, 1.54) is 7.11 Å². The maximum Gasteiger partial charge on any atom is 0.339 e. The van der Waals surface area contributed by atoms with Gasteiger partial charge in [-0.1, -0.05) is 43.7 Å². The molecule has 0 heterocycles. The monoisotopic (exact) mass is 222 g/mol. The first-order chi connectivity index (χ1) is 7.79. The van der Waals surface area contributed by atoms with Crippen LogP contribution >= 0.6 is 0 Å². The van der Waals surface area contributed by atoms with E-state index in [0.717, 1.165) is 18.4 Å². The Hall–Kier alpha value is -1.35. The van der Waals surface area contributed by atoms with Gasteiger partial charge in [-0.15, -0.1) is 0 Å². The molecule has 3 nitrogen and oxygen atoms in total. The summed E-state index contributed by atoms with van der Waals surface area (Å²) >= 11 is 0. The Morgan fingerprint density at radius 2 is 2.00 bits per heavy atom. The van der Waals surface area contributed by atoms with Crippen molar-refractivity contribution in [3.8, 4) is 0 Å². The van der Waals surface area contributed by atoms with Gasteiger partial charge in [0.1, 0.15) is 0 Å². The normalized spacial score (nSPS) is 12.1. The second-order valence-electron chi connectivity index (χ2n) is 3.55. The van der Waals surface area contributed by atoms with Crippen LogP contribution in [0.3, 0.4) is 0 Å². The summed E-state index contributed by atoms with van der Waals surface area (Å²) in [6.07, 6.45) is 1.28. The minimum Gasteiger partial charge on any atom is -0.464 e. The lowest BCUT2D eigenvalue weighted by Crippen LogP contribution is -2.18. The van der Waals surface area contributed by atoms with Gasteiger partial charge >= 0.3 is 5.97 Å². The third kappa shape index (κ3) is 3.66. The van der Waals surface area contributed by atoms with Crippen molar-refractivity contribution in [2.75, 3.05) is 13.7 Å². The lowest BCUT2D eigenvalue weighted by atomic mass is 10.1. The fourth-order valence-corrected chi connectivity index (χ4v) is 1.39. The van der Waals surface area contributed by atoms with E-state index in [1.54, 1.807) is 0 Å². The van der Waals surface area contributed by atoms with Crippen molar-refractivity contribution < 1.29 is 14.3 Å². The molecule has 0 aliphatic heterocycles. The molecular weight excluding hydrogens is 204 g/mol. The minimum absolute atomic E-state index is 0.317. The Morgan fingerprint density at radius 3 is 2.56 bits per heavy atom. The fraction of sp³-hybridized carbons (Fsp3) is 0.462. The third-order valence-corrected chi connectivity index (χ3v) is 2.29. The summed E-state index contributed by atoms with van der Waals surface area (Å²) in [6, 6.07) is 9.37. The van der Waals surface area contributed by atoms with Crippen LogP contribution in [0.4, 0.5) is 0 Å². The van der Waals surface area contributed by atoms with E-state index in [0.29, 0.717) is 6.61 Å². The standard InChI is InChI=1S/C13H18O3/c1-3-4-10-16-13(14)12(15-2)11-8-6-5-7-9-11/h5-9,12H,3-4,10H2,1-2H3. The number of ether oxygens (including phenoxy) is 2. The molecule has 0 saturated heterocycles. The van der Waals surface area contributed by atoms with Crippen LogP contribution in [-0.4, -0.2) is 19.7 Å². The van der Waals surface area contributed by atoms with E-state index in [2.05, 4.69) is 6.92 Å². The zero-order valence-electron chi connectivity index (χ0n) is 9.81. The maximum absolute atomic E-state index is 11.7. The summed E-state index contributed by atoms with van der Waals surface area (Å²) in [6.45, 7) is 2.51. The van der Waals surface area contributed by atoms with Crippen molar-refractivity contribution in [2.45, 2.75) is 25.9 Å². The predicted molar refractivity (Wildman–Crippen MR) is 62.1 cm³/mol. The minimum atomic E-state index is -0.613. The van der Waals surface area contributed by atoms with Crippen LogP contribution in [0.5, 0.6) is 0 Å². The molecule has 1 aromatic rings. The molecule has 88 valence electrons. The van der Waals surface area contributed by atoms with Crippen molar-refractivity contribution in [2.24, 2.45) is 0 Å². The smallest absolute Gasteiger partial charge is 0.339 e. The molecule has 1 aromatic carbocycles. The van der Waals surface area contributed by atoms with E-state index < -0.39 is 6.10 Å². The molecular formula is C13H18O3. The molecule has 1 rings (SSSR count). The Bertz CT molecular complexity index is 308. The highest BCUT2D eigenvalue weighted by Crippen LogP contribution is 2.17. The first-order valence-corrected chi connectivity index (χ1v) is 5.54. The molecule has 0 saturated carbocycles. The molecule has 0 radical (unpaired) electrons. The van der Waals surface area contributed by atoms with Gasteiger partial charge in [0, 0.05) is 7.11 Å². The highest BCUT2D eigenvalue weighted by molar-refractivity contribution is 5.76. The van der Waals surface area contributed by atoms with Gasteiger partial charge in [-0.25, -0.2) is 4.79 Å². The molecule has 0 spiro atoms. The number of hydrogen-bond acceptors (Lipinski definition) is 3. The number of unbranched alkanes of at least 4 members (excludes halogenated alkanes) is 1. The number of carbonyl (C=O) groups excluding carboxylic acids is 1. The van der Waals surface area contributed by atoms with Gasteiger partial charge in [0.05, 0.1) is 6.61 Å². The van der Waals surface area contributed by atoms with Gasteiger partial charge in [-0.2, -0.15) is 0 Å². The summed E-state index contributed by atoms with van der Waals surface area (Å²) in [4.78, 5) is 11.7. The highest BCUT2D eigenvalue weighted by atomic mass is 16.6. The third-order valence-electron chi connectivity index (χ3n) is 2.29. The Labute approximate surface area is 96.4 Å². The Morgan fingerprint density at radius 1 is 1.31 bits per heavy atom. The molecule has 0 aromatic heterocycles. The second-order valence-corrected chi connectivity index (χ2v) is 3.55. The van der Waals surface area contributed by atoms with Crippen LogP contribution < -0.4 is 0 Å². The summed E-state index contributed by atoms with van der Waals surface area (Å²) < 4.78 is 10.3. The van der Waals surface area contributed by atoms with E-state index >= 15 is 0 Å². The average Bonchev–Trinajstić information content (AvgIpc) is 2.32. The molecule has 0 N–H and O–H groups in total. The largest absolute Gasteiger partial charge is 0.464 e. The molecule has 0 bridgehead atoms. The van der Waals surface area contributed by atoms with Crippen molar-refractivity contribution in [1.82, 2.24) is 0 Å². The van der Waals surface area contributed by atoms with E-state index in [4.69, 9.17) is 9.47 Å². The van der Waals surface area contributed by atoms with Crippen molar-refractivity contribution >= 4 is 5.97 Å². The number of methoxy groups -OCH3 is 1. The molecule has 1 atom stereocenters. The van der Waals surface area contributed by atoms with E-state index in [9.17, 15) is 4.79 Å². The number of benzene rings is 1. The van der Waals surface area contributed by atoms with Gasteiger partial charge in [-0.3, -0.25) is 0 Å². The van der Waals surface area contributed by atoms with Gasteiger partial charge in [0.15, 0.2) is 6.10 Å². The van der Waals surface area contributed by atoms with Gasteiger partial charge in [0.25, 0.3) is 0 Å². The van der Waals surface area contributed by atoms with Gasteiger partial charge in [-0.05, 0) is 12.0 Å². The molecule has 16 heavy (non-hydrogen) atoms. The predicted octanol–water partition coefficient (Wildman–Crippen LogP) is 2.72. The molecule has 0 aliphatic carbocycles. The molecule has 0 aliphatic rings. The van der Waals surface area contributed by atoms with Crippen molar-refractivity contribution in [1.29, 1.82) is 0 Å². The molecule has 0 fully saturated rings.